The monoisotopic (exact) mass is 413 g/mol. The average molecular weight is 414 g/mol. The Morgan fingerprint density at radius 3 is 2.37 bits per heavy atom. The van der Waals surface area contributed by atoms with Gasteiger partial charge in [0.25, 0.3) is 0 Å². The third kappa shape index (κ3) is 4.86. The molecule has 2 atom stereocenters. The highest BCUT2D eigenvalue weighted by atomic mass is 16.3. The van der Waals surface area contributed by atoms with Gasteiger partial charge in [-0.3, -0.25) is 0 Å². The summed E-state index contributed by atoms with van der Waals surface area (Å²) in [4.78, 5) is 26.4. The highest BCUT2D eigenvalue weighted by Gasteiger charge is 2.30. The Balaban J connectivity index is 1.96. The van der Waals surface area contributed by atoms with Crippen molar-refractivity contribution in [3.63, 3.8) is 0 Å². The van der Waals surface area contributed by atoms with E-state index in [0.29, 0.717) is 18.7 Å². The van der Waals surface area contributed by atoms with Crippen molar-refractivity contribution in [1.29, 1.82) is 0 Å². The first kappa shape index (κ1) is 22.3. The van der Waals surface area contributed by atoms with Crippen molar-refractivity contribution >= 4 is 0 Å². The Morgan fingerprint density at radius 1 is 0.967 bits per heavy atom. The summed E-state index contributed by atoms with van der Waals surface area (Å²) in [6.07, 6.45) is 10.5. The predicted octanol–water partition coefficient (Wildman–Crippen LogP) is 4.19. The molecule has 1 aromatic carbocycles. The molecule has 3 rings (SSSR count). The number of hydrogen-bond donors (Lipinski definition) is 1. The third-order valence-electron chi connectivity index (χ3n) is 5.96. The molecule has 164 valence electrons. The largest absolute Gasteiger partial charge is 0.391 e. The van der Waals surface area contributed by atoms with Crippen molar-refractivity contribution in [2.24, 2.45) is 0 Å². The summed E-state index contributed by atoms with van der Waals surface area (Å²) in [5.74, 6) is 0. The summed E-state index contributed by atoms with van der Waals surface area (Å²) in [5, 5.41) is 10.9. The average Bonchev–Trinajstić information content (AvgIpc) is 3.01. The van der Waals surface area contributed by atoms with E-state index in [1.807, 2.05) is 24.3 Å². The normalized spacial score (nSPS) is 16.9. The van der Waals surface area contributed by atoms with Gasteiger partial charge in [0, 0.05) is 0 Å². The Bertz CT molecular complexity index is 952. The summed E-state index contributed by atoms with van der Waals surface area (Å²) in [6.45, 7) is 4.73. The number of aliphatic hydroxyl groups excluding tert-OH is 1. The summed E-state index contributed by atoms with van der Waals surface area (Å²) >= 11 is 0. The molecule has 0 unspecified atom stereocenters. The maximum Gasteiger partial charge on any atom is 0.352 e. The number of aromatic nitrogens is 3. The Kier molecular flexibility index (Phi) is 7.91. The Hall–Kier alpha value is -2.34. The van der Waals surface area contributed by atoms with Crippen molar-refractivity contribution in [3.8, 4) is 5.69 Å². The smallest absolute Gasteiger partial charge is 0.352 e. The van der Waals surface area contributed by atoms with Gasteiger partial charge in [0.1, 0.15) is 0 Å². The molecule has 2 heterocycles. The number of hydrogen-bond acceptors (Lipinski definition) is 3. The molecule has 1 aromatic heterocycles. The van der Waals surface area contributed by atoms with Gasteiger partial charge in [0.15, 0.2) is 0 Å². The first-order valence-electron chi connectivity index (χ1n) is 11.5. The van der Waals surface area contributed by atoms with E-state index in [0.717, 1.165) is 44.1 Å². The first-order valence-corrected chi connectivity index (χ1v) is 11.5. The molecule has 6 nitrogen and oxygen atoms in total. The highest BCUT2D eigenvalue weighted by Crippen LogP contribution is 2.26. The van der Waals surface area contributed by atoms with E-state index in [4.69, 9.17) is 0 Å². The molecule has 0 saturated heterocycles. The van der Waals surface area contributed by atoms with Gasteiger partial charge in [-0.15, -0.1) is 0 Å². The van der Waals surface area contributed by atoms with E-state index < -0.39 is 12.1 Å². The van der Waals surface area contributed by atoms with E-state index >= 15 is 0 Å². The zero-order valence-corrected chi connectivity index (χ0v) is 18.3. The van der Waals surface area contributed by atoms with Gasteiger partial charge in [0.05, 0.1) is 24.4 Å². The molecule has 0 saturated carbocycles. The number of nitrogens with zero attached hydrogens (tertiary/aromatic N) is 3. The molecule has 0 bridgehead atoms. The number of benzene rings is 1. The van der Waals surface area contributed by atoms with E-state index in [2.05, 4.69) is 13.8 Å². The lowest BCUT2D eigenvalue weighted by Gasteiger charge is -2.28. The lowest BCUT2D eigenvalue weighted by molar-refractivity contribution is 0.102. The van der Waals surface area contributed by atoms with E-state index in [1.165, 1.54) is 26.8 Å². The van der Waals surface area contributed by atoms with Crippen LogP contribution in [0, 0.1) is 0 Å². The van der Waals surface area contributed by atoms with Crippen LogP contribution in [0.2, 0.25) is 0 Å². The molecule has 0 radical (unpaired) electrons. The van der Waals surface area contributed by atoms with Gasteiger partial charge >= 0.3 is 11.4 Å². The summed E-state index contributed by atoms with van der Waals surface area (Å²) < 4.78 is 4.22. The van der Waals surface area contributed by atoms with Crippen LogP contribution in [0.25, 0.3) is 5.69 Å². The van der Waals surface area contributed by atoms with Crippen LogP contribution in [0.15, 0.2) is 51.6 Å². The second-order valence-electron chi connectivity index (χ2n) is 8.33. The van der Waals surface area contributed by atoms with Crippen LogP contribution < -0.4 is 11.4 Å². The maximum atomic E-state index is 13.3. The van der Waals surface area contributed by atoms with Gasteiger partial charge in [0.2, 0.25) is 0 Å². The number of aliphatic hydroxyl groups is 1. The molecule has 0 fully saturated rings. The third-order valence-corrected chi connectivity index (χ3v) is 5.96. The molecule has 6 heteroatoms. The van der Waals surface area contributed by atoms with Crippen LogP contribution in [-0.2, 0) is 6.54 Å². The van der Waals surface area contributed by atoms with Gasteiger partial charge in [-0.05, 0) is 31.4 Å². The number of rotatable bonds is 11. The van der Waals surface area contributed by atoms with Gasteiger partial charge < -0.3 is 5.11 Å². The molecular weight excluding hydrogens is 378 g/mol. The predicted molar refractivity (Wildman–Crippen MR) is 120 cm³/mol. The van der Waals surface area contributed by atoms with Crippen LogP contribution >= 0.6 is 0 Å². The Labute approximate surface area is 178 Å². The van der Waals surface area contributed by atoms with E-state index in [1.54, 1.807) is 12.1 Å². The lowest BCUT2D eigenvalue weighted by Crippen LogP contribution is -2.39. The van der Waals surface area contributed by atoms with Gasteiger partial charge in [-0.2, -0.15) is 0 Å². The molecule has 1 aliphatic rings. The van der Waals surface area contributed by atoms with Gasteiger partial charge in [-0.25, -0.2) is 23.5 Å². The molecule has 2 aromatic rings. The fraction of sp³-hybridized carbons (Fsp3) is 0.583. The zero-order chi connectivity index (χ0) is 21.5. The summed E-state index contributed by atoms with van der Waals surface area (Å²) in [5.41, 5.74) is 0.978. The minimum absolute atomic E-state index is 0.337. The van der Waals surface area contributed by atoms with Crippen molar-refractivity contribution in [2.45, 2.75) is 90.3 Å². The fourth-order valence-electron chi connectivity index (χ4n) is 4.27. The molecule has 30 heavy (non-hydrogen) atoms. The first-order chi connectivity index (χ1) is 14.6. The minimum Gasteiger partial charge on any atom is -0.391 e. The Morgan fingerprint density at radius 2 is 1.67 bits per heavy atom. The van der Waals surface area contributed by atoms with Crippen molar-refractivity contribution in [3.05, 3.63) is 62.9 Å². The van der Waals surface area contributed by atoms with E-state index in [-0.39, 0.29) is 11.4 Å². The van der Waals surface area contributed by atoms with Crippen LogP contribution in [0.3, 0.4) is 0 Å². The SMILES string of the molecule is CCCCCCC1=C[C@H]([C@@H](O)CCCCC)n2c(=O)n(-c3ccccc3)c(=O)n2C1. The van der Waals surface area contributed by atoms with Crippen molar-refractivity contribution in [1.82, 2.24) is 13.9 Å². The number of para-hydroxylation sites is 1. The fourth-order valence-corrected chi connectivity index (χ4v) is 4.27. The van der Waals surface area contributed by atoms with Crippen LogP contribution in [0.5, 0.6) is 0 Å². The number of allylic oxidation sites excluding steroid dienone is 1. The highest BCUT2D eigenvalue weighted by molar-refractivity contribution is 5.31. The van der Waals surface area contributed by atoms with Crippen LogP contribution in [0.1, 0.15) is 77.7 Å². The van der Waals surface area contributed by atoms with Crippen molar-refractivity contribution < 1.29 is 5.11 Å². The number of unbranched alkanes of at least 4 members (excludes halogenated alkanes) is 5. The second kappa shape index (κ2) is 10.6. The van der Waals surface area contributed by atoms with Crippen LogP contribution in [0.4, 0.5) is 0 Å². The van der Waals surface area contributed by atoms with E-state index in [9.17, 15) is 14.7 Å². The van der Waals surface area contributed by atoms with Crippen LogP contribution in [-0.4, -0.2) is 25.1 Å². The molecule has 0 amide bonds. The zero-order valence-electron chi connectivity index (χ0n) is 18.3. The lowest BCUT2D eigenvalue weighted by atomic mass is 9.97. The minimum atomic E-state index is -0.683. The van der Waals surface area contributed by atoms with Gasteiger partial charge in [-0.1, -0.05) is 82.2 Å². The molecule has 1 N–H and O–H groups in total. The number of fused-ring (bicyclic) bond motifs is 1. The molecule has 0 aliphatic carbocycles. The topological polar surface area (TPSA) is 69.2 Å². The quantitative estimate of drug-likeness (QED) is 0.443. The second-order valence-corrected chi connectivity index (χ2v) is 8.33. The molecule has 0 spiro atoms. The van der Waals surface area contributed by atoms with Crippen molar-refractivity contribution in [2.75, 3.05) is 0 Å². The standard InChI is InChI=1S/C24H35N3O3/c1-3-5-7-10-13-19-17-21(22(28)16-9-6-4-2)27-24(30)26(23(29)25(27)18-19)20-14-11-8-12-15-20/h8,11-12,14-15,17,21-22,28H,3-7,9-10,13,16,18H2,1-2H3/t21-,22+/m1/s1. The summed E-state index contributed by atoms with van der Waals surface area (Å²) in [7, 11) is 0. The maximum absolute atomic E-state index is 13.3. The molecule has 1 aliphatic heterocycles. The summed E-state index contributed by atoms with van der Waals surface area (Å²) in [6, 6.07) is 8.52. The molecular formula is C24H35N3O3.